The van der Waals surface area contributed by atoms with E-state index in [0.717, 1.165) is 10.0 Å². The molecule has 0 saturated carbocycles. The van der Waals surface area contributed by atoms with Crippen LogP contribution < -0.4 is 20.9 Å². The average Bonchev–Trinajstić information content (AvgIpc) is 2.97. The average molecular weight is 397 g/mol. The fraction of sp³-hybridized carbons (Fsp3) is 0.286. The van der Waals surface area contributed by atoms with Crippen molar-refractivity contribution >= 4 is 33.8 Å². The van der Waals surface area contributed by atoms with E-state index in [0.29, 0.717) is 24.7 Å². The van der Waals surface area contributed by atoms with Gasteiger partial charge in [-0.05, 0) is 57.8 Å². The van der Waals surface area contributed by atoms with Crippen LogP contribution in [0.1, 0.15) is 25.1 Å². The Morgan fingerprint density at radius 2 is 2.04 bits per heavy atom. The Labute approximate surface area is 146 Å². The van der Waals surface area contributed by atoms with E-state index in [9.17, 15) is 0 Å². The molecule has 24 heavy (non-hydrogen) atoms. The van der Waals surface area contributed by atoms with Crippen molar-refractivity contribution in [2.24, 2.45) is 15.9 Å². The third kappa shape index (κ3) is 4.22. The summed E-state index contributed by atoms with van der Waals surface area (Å²) in [7, 11) is 0. The number of amidine groups is 1. The van der Waals surface area contributed by atoms with Gasteiger partial charge in [-0.2, -0.15) is 5.10 Å². The molecule has 0 spiro atoms. The number of hydrogen-bond acceptors (Lipinski definition) is 8. The van der Waals surface area contributed by atoms with Crippen LogP contribution in [0.25, 0.3) is 0 Å². The summed E-state index contributed by atoms with van der Waals surface area (Å²) in [5.41, 5.74) is 12.1. The molecule has 1 aromatic carbocycles. The van der Waals surface area contributed by atoms with Gasteiger partial charge in [0, 0.05) is 0 Å². The third-order valence-corrected chi connectivity index (χ3v) is 3.34. The largest absolute Gasteiger partial charge is 0.490 e. The van der Waals surface area contributed by atoms with Crippen molar-refractivity contribution in [3.05, 3.63) is 27.9 Å². The number of nitrogens with zero attached hydrogens (tertiary/aromatic N) is 4. The zero-order valence-corrected chi connectivity index (χ0v) is 14.8. The van der Waals surface area contributed by atoms with E-state index in [1.807, 2.05) is 19.9 Å². The van der Waals surface area contributed by atoms with Gasteiger partial charge in [-0.3, -0.25) is 0 Å². The second kappa shape index (κ2) is 8.29. The highest BCUT2D eigenvalue weighted by Crippen LogP contribution is 2.36. The molecule has 0 aliphatic rings. The zero-order valence-electron chi connectivity index (χ0n) is 13.2. The quantitative estimate of drug-likeness (QED) is 0.414. The highest BCUT2D eigenvalue weighted by atomic mass is 79.9. The van der Waals surface area contributed by atoms with Gasteiger partial charge in [-0.1, -0.05) is 0 Å². The number of halogens is 1. The summed E-state index contributed by atoms with van der Waals surface area (Å²) in [5.74, 6) is 1.30. The normalized spacial score (nSPS) is 11.9. The van der Waals surface area contributed by atoms with Crippen LogP contribution in [0.4, 0.5) is 5.82 Å². The van der Waals surface area contributed by atoms with Crippen molar-refractivity contribution < 1.29 is 14.1 Å². The lowest BCUT2D eigenvalue weighted by atomic mass is 10.2. The molecular weight excluding hydrogens is 380 g/mol. The minimum absolute atomic E-state index is 0.0000313. The van der Waals surface area contributed by atoms with Crippen LogP contribution >= 0.6 is 15.9 Å². The Kier molecular flexibility index (Phi) is 6.13. The number of rotatable bonds is 7. The molecule has 4 N–H and O–H groups in total. The monoisotopic (exact) mass is 396 g/mol. The second-order valence-electron chi connectivity index (χ2n) is 4.42. The van der Waals surface area contributed by atoms with E-state index in [1.165, 1.54) is 6.21 Å². The third-order valence-electron chi connectivity index (χ3n) is 2.75. The van der Waals surface area contributed by atoms with Gasteiger partial charge in [0.25, 0.3) is 0 Å². The van der Waals surface area contributed by atoms with Crippen molar-refractivity contribution in [2.45, 2.75) is 13.8 Å². The number of benzene rings is 1. The molecule has 9 nitrogen and oxygen atoms in total. The van der Waals surface area contributed by atoms with Gasteiger partial charge in [-0.25, -0.2) is 4.63 Å². The maximum absolute atomic E-state index is 5.72. The van der Waals surface area contributed by atoms with Crippen LogP contribution in [0.3, 0.4) is 0 Å². The number of aromatic nitrogens is 2. The minimum Gasteiger partial charge on any atom is -0.490 e. The molecule has 1 aromatic heterocycles. The fourth-order valence-electron chi connectivity index (χ4n) is 1.79. The molecule has 10 heteroatoms. The lowest BCUT2D eigenvalue weighted by Crippen LogP contribution is -2.15. The molecule has 0 atom stereocenters. The lowest BCUT2D eigenvalue weighted by molar-refractivity contribution is 0.286. The molecule has 0 bridgehead atoms. The van der Waals surface area contributed by atoms with Crippen LogP contribution in [-0.2, 0) is 0 Å². The predicted molar refractivity (Wildman–Crippen MR) is 93.5 cm³/mol. The summed E-state index contributed by atoms with van der Waals surface area (Å²) in [6, 6.07) is 3.62. The van der Waals surface area contributed by atoms with Gasteiger partial charge >= 0.3 is 0 Å². The van der Waals surface area contributed by atoms with Crippen LogP contribution in [0.2, 0.25) is 0 Å². The van der Waals surface area contributed by atoms with Crippen LogP contribution in [0, 0.1) is 0 Å². The van der Waals surface area contributed by atoms with Gasteiger partial charge in [0.2, 0.25) is 0 Å². The Morgan fingerprint density at radius 1 is 1.29 bits per heavy atom. The predicted octanol–water partition coefficient (Wildman–Crippen LogP) is 1.95. The number of hydrogen-bond donors (Lipinski definition) is 2. The first-order chi connectivity index (χ1) is 11.6. The SMILES string of the molecule is CCOc1cc(/C=N\N=C(\N)c2nonc2N)cc(Br)c1OCC. The molecule has 0 fully saturated rings. The summed E-state index contributed by atoms with van der Waals surface area (Å²) >= 11 is 3.46. The van der Waals surface area contributed by atoms with Gasteiger partial charge in [0.1, 0.15) is 0 Å². The number of ether oxygens (including phenoxy) is 2. The fourth-order valence-corrected chi connectivity index (χ4v) is 2.36. The second-order valence-corrected chi connectivity index (χ2v) is 5.28. The molecule has 2 aromatic rings. The van der Waals surface area contributed by atoms with E-state index >= 15 is 0 Å². The van der Waals surface area contributed by atoms with Gasteiger partial charge in [0.15, 0.2) is 28.8 Å². The Hall–Kier alpha value is -2.62. The zero-order chi connectivity index (χ0) is 17.5. The Bertz CT molecular complexity index is 759. The molecule has 0 aliphatic heterocycles. The van der Waals surface area contributed by atoms with E-state index in [-0.39, 0.29) is 17.3 Å². The molecule has 1 heterocycles. The number of nitrogen functional groups attached to an aromatic ring is 1. The van der Waals surface area contributed by atoms with Crippen LogP contribution in [0.5, 0.6) is 11.5 Å². The van der Waals surface area contributed by atoms with Gasteiger partial charge < -0.3 is 20.9 Å². The highest BCUT2D eigenvalue weighted by molar-refractivity contribution is 9.10. The van der Waals surface area contributed by atoms with Crippen molar-refractivity contribution in [2.75, 3.05) is 18.9 Å². The van der Waals surface area contributed by atoms with Gasteiger partial charge in [-0.15, -0.1) is 5.10 Å². The Morgan fingerprint density at radius 3 is 2.67 bits per heavy atom. The molecule has 0 aliphatic carbocycles. The smallest absolute Gasteiger partial charge is 0.199 e. The molecule has 2 rings (SSSR count). The molecular formula is C14H17BrN6O3. The molecule has 0 amide bonds. The molecule has 0 radical (unpaired) electrons. The molecule has 128 valence electrons. The van der Waals surface area contributed by atoms with Crippen molar-refractivity contribution in [1.29, 1.82) is 0 Å². The van der Waals surface area contributed by atoms with E-state index in [2.05, 4.69) is 41.1 Å². The highest BCUT2D eigenvalue weighted by Gasteiger charge is 2.12. The van der Waals surface area contributed by atoms with E-state index in [4.69, 9.17) is 20.9 Å². The first-order valence-corrected chi connectivity index (χ1v) is 7.90. The summed E-state index contributed by atoms with van der Waals surface area (Å²) in [5, 5.41) is 14.7. The summed E-state index contributed by atoms with van der Waals surface area (Å²) in [6.45, 7) is 4.84. The van der Waals surface area contributed by atoms with Crippen LogP contribution in [-0.4, -0.2) is 35.6 Å². The summed E-state index contributed by atoms with van der Waals surface area (Å²) in [4.78, 5) is 0. The first-order valence-electron chi connectivity index (χ1n) is 7.10. The maximum Gasteiger partial charge on any atom is 0.199 e. The van der Waals surface area contributed by atoms with Crippen molar-refractivity contribution in [3.63, 3.8) is 0 Å². The molecule has 0 unspecified atom stereocenters. The summed E-state index contributed by atoms with van der Waals surface area (Å²) in [6.07, 6.45) is 1.51. The van der Waals surface area contributed by atoms with Crippen molar-refractivity contribution in [3.8, 4) is 11.5 Å². The first kappa shape index (κ1) is 17.7. The van der Waals surface area contributed by atoms with E-state index in [1.54, 1.807) is 6.07 Å². The van der Waals surface area contributed by atoms with Crippen LogP contribution in [0.15, 0.2) is 31.4 Å². The number of anilines is 1. The standard InChI is InChI=1S/C14H17BrN6O3/c1-3-22-10-6-8(5-9(15)12(10)23-4-2)7-18-19-13(16)11-14(17)21-24-20-11/h5-7H,3-4H2,1-2H3,(H2,16,19)(H2,17,21)/b18-7-. The van der Waals surface area contributed by atoms with Gasteiger partial charge in [0.05, 0.1) is 23.9 Å². The lowest BCUT2D eigenvalue weighted by Gasteiger charge is -2.13. The Balaban J connectivity index is 2.24. The van der Waals surface area contributed by atoms with E-state index < -0.39 is 0 Å². The van der Waals surface area contributed by atoms with Crippen molar-refractivity contribution in [1.82, 2.24) is 10.3 Å². The maximum atomic E-state index is 5.72. The number of nitrogens with two attached hydrogens (primary N) is 2. The minimum atomic E-state index is 0.0000313. The summed E-state index contributed by atoms with van der Waals surface area (Å²) < 4.78 is 16.4. The topological polar surface area (TPSA) is 134 Å². The molecule has 0 saturated heterocycles.